The second kappa shape index (κ2) is 13.0. The van der Waals surface area contributed by atoms with Crippen molar-refractivity contribution in [3.63, 3.8) is 0 Å². The van der Waals surface area contributed by atoms with E-state index in [2.05, 4.69) is 16.9 Å². The van der Waals surface area contributed by atoms with E-state index in [1.54, 1.807) is 24.3 Å². The van der Waals surface area contributed by atoms with Crippen LogP contribution in [0.3, 0.4) is 0 Å². The van der Waals surface area contributed by atoms with Gasteiger partial charge in [-0.1, -0.05) is 83.3 Å². The summed E-state index contributed by atoms with van der Waals surface area (Å²) in [5.41, 5.74) is 2.28. The summed E-state index contributed by atoms with van der Waals surface area (Å²) in [6.45, 7) is 2.27. The standard InChI is InChI=1S/C24H34N2O2/c1-2-3-4-5-6-7-8-9-10-11-12-13-20-18-25-23(26-19-20)21-14-16-22(17-15-21)24(27)28/h14-19H,2-13H2,1H3,(H,27,28). The first-order chi connectivity index (χ1) is 13.7. The zero-order valence-electron chi connectivity index (χ0n) is 17.2. The lowest BCUT2D eigenvalue weighted by molar-refractivity contribution is 0.0697. The van der Waals surface area contributed by atoms with Crippen molar-refractivity contribution in [1.82, 2.24) is 9.97 Å². The maximum Gasteiger partial charge on any atom is 0.335 e. The van der Waals surface area contributed by atoms with Gasteiger partial charge in [0, 0.05) is 18.0 Å². The van der Waals surface area contributed by atoms with E-state index in [4.69, 9.17) is 5.11 Å². The van der Waals surface area contributed by atoms with Crippen LogP contribution in [0.5, 0.6) is 0 Å². The first kappa shape index (κ1) is 22.1. The van der Waals surface area contributed by atoms with Gasteiger partial charge in [-0.15, -0.1) is 0 Å². The number of nitrogens with zero attached hydrogens (tertiary/aromatic N) is 2. The fourth-order valence-electron chi connectivity index (χ4n) is 3.39. The molecule has 0 fully saturated rings. The van der Waals surface area contributed by atoms with Crippen LogP contribution in [0.1, 0.15) is 93.5 Å². The van der Waals surface area contributed by atoms with Crippen LogP contribution >= 0.6 is 0 Å². The van der Waals surface area contributed by atoms with Crippen LogP contribution in [0.4, 0.5) is 0 Å². The topological polar surface area (TPSA) is 63.1 Å². The molecule has 1 aromatic carbocycles. The lowest BCUT2D eigenvalue weighted by atomic mass is 10.0. The van der Waals surface area contributed by atoms with E-state index in [1.807, 2.05) is 12.4 Å². The Kier molecular flexibility index (Phi) is 10.3. The average molecular weight is 383 g/mol. The molecule has 0 aliphatic heterocycles. The van der Waals surface area contributed by atoms with Gasteiger partial charge >= 0.3 is 5.97 Å². The summed E-state index contributed by atoms with van der Waals surface area (Å²) in [7, 11) is 0. The maximum atomic E-state index is 10.9. The van der Waals surface area contributed by atoms with Gasteiger partial charge in [-0.05, 0) is 30.5 Å². The quantitative estimate of drug-likeness (QED) is 0.369. The Morgan fingerprint density at radius 3 is 1.79 bits per heavy atom. The second-order valence-electron chi connectivity index (χ2n) is 7.58. The lowest BCUT2D eigenvalue weighted by Crippen LogP contribution is -1.96. The first-order valence-electron chi connectivity index (χ1n) is 10.9. The van der Waals surface area contributed by atoms with Crippen molar-refractivity contribution in [1.29, 1.82) is 0 Å². The van der Waals surface area contributed by atoms with Crippen molar-refractivity contribution in [3.05, 3.63) is 47.8 Å². The molecule has 2 rings (SSSR count). The highest BCUT2D eigenvalue weighted by molar-refractivity contribution is 5.88. The van der Waals surface area contributed by atoms with Gasteiger partial charge in [0.25, 0.3) is 0 Å². The van der Waals surface area contributed by atoms with Gasteiger partial charge < -0.3 is 5.11 Å². The Morgan fingerprint density at radius 1 is 0.786 bits per heavy atom. The molecule has 4 nitrogen and oxygen atoms in total. The van der Waals surface area contributed by atoms with Crippen molar-refractivity contribution >= 4 is 5.97 Å². The highest BCUT2D eigenvalue weighted by Crippen LogP contribution is 2.17. The SMILES string of the molecule is CCCCCCCCCCCCCc1cnc(-c2ccc(C(=O)O)cc2)nc1. The number of rotatable bonds is 14. The molecule has 0 atom stereocenters. The zero-order valence-corrected chi connectivity index (χ0v) is 17.2. The fraction of sp³-hybridized carbons (Fsp3) is 0.542. The Balaban J connectivity index is 1.59. The summed E-state index contributed by atoms with van der Waals surface area (Å²) < 4.78 is 0. The molecular weight excluding hydrogens is 348 g/mol. The third kappa shape index (κ3) is 8.20. The number of carbonyl (C=O) groups is 1. The van der Waals surface area contributed by atoms with Gasteiger partial charge in [-0.3, -0.25) is 0 Å². The molecule has 0 unspecified atom stereocenters. The van der Waals surface area contributed by atoms with Crippen molar-refractivity contribution in [2.24, 2.45) is 0 Å². The lowest BCUT2D eigenvalue weighted by Gasteiger charge is -2.04. The van der Waals surface area contributed by atoms with Crippen molar-refractivity contribution in [2.45, 2.75) is 84.0 Å². The normalized spacial score (nSPS) is 10.9. The molecule has 0 aliphatic carbocycles. The minimum atomic E-state index is -0.921. The Morgan fingerprint density at radius 2 is 1.29 bits per heavy atom. The van der Waals surface area contributed by atoms with Crippen LogP contribution in [0.25, 0.3) is 11.4 Å². The molecule has 0 spiro atoms. The zero-order chi connectivity index (χ0) is 20.0. The molecular formula is C24H34N2O2. The molecule has 1 aromatic heterocycles. The number of aryl methyl sites for hydroxylation is 1. The summed E-state index contributed by atoms with van der Waals surface area (Å²) in [6, 6.07) is 6.67. The first-order valence-corrected chi connectivity index (χ1v) is 10.9. The van der Waals surface area contributed by atoms with Gasteiger partial charge in [0.15, 0.2) is 5.82 Å². The molecule has 0 saturated heterocycles. The molecule has 4 heteroatoms. The summed E-state index contributed by atoms with van der Waals surface area (Å²) in [5, 5.41) is 8.95. The van der Waals surface area contributed by atoms with Crippen LogP contribution in [0.2, 0.25) is 0 Å². The predicted octanol–water partition coefficient (Wildman–Crippen LogP) is 6.70. The second-order valence-corrected chi connectivity index (χ2v) is 7.58. The third-order valence-corrected chi connectivity index (χ3v) is 5.16. The Labute approximate surface area is 169 Å². The van der Waals surface area contributed by atoms with Gasteiger partial charge in [-0.25, -0.2) is 14.8 Å². The van der Waals surface area contributed by atoms with Crippen LogP contribution < -0.4 is 0 Å². The molecule has 28 heavy (non-hydrogen) atoms. The highest BCUT2D eigenvalue weighted by Gasteiger charge is 2.05. The number of unbranched alkanes of at least 4 members (excludes halogenated alkanes) is 10. The minimum Gasteiger partial charge on any atom is -0.478 e. The number of carboxylic acids is 1. The van der Waals surface area contributed by atoms with Crippen molar-refractivity contribution < 1.29 is 9.90 Å². The number of carboxylic acid groups (broad SMARTS) is 1. The Hall–Kier alpha value is -2.23. The Bertz CT molecular complexity index is 681. The molecule has 1 heterocycles. The van der Waals surface area contributed by atoms with Crippen molar-refractivity contribution in [2.75, 3.05) is 0 Å². The number of hydrogen-bond acceptors (Lipinski definition) is 3. The summed E-state index contributed by atoms with van der Waals surface area (Å²) in [6.07, 6.45) is 19.7. The molecule has 1 N–H and O–H groups in total. The highest BCUT2D eigenvalue weighted by atomic mass is 16.4. The van der Waals surface area contributed by atoms with Gasteiger partial charge in [-0.2, -0.15) is 0 Å². The van der Waals surface area contributed by atoms with E-state index in [-0.39, 0.29) is 5.56 Å². The van der Waals surface area contributed by atoms with E-state index in [9.17, 15) is 4.79 Å². The largest absolute Gasteiger partial charge is 0.478 e. The number of benzene rings is 1. The number of aromatic nitrogens is 2. The third-order valence-electron chi connectivity index (χ3n) is 5.16. The van der Waals surface area contributed by atoms with Gasteiger partial charge in [0.1, 0.15) is 0 Å². The van der Waals surface area contributed by atoms with E-state index < -0.39 is 5.97 Å². The maximum absolute atomic E-state index is 10.9. The minimum absolute atomic E-state index is 0.275. The number of hydrogen-bond donors (Lipinski definition) is 1. The van der Waals surface area contributed by atoms with Crippen LogP contribution in [0.15, 0.2) is 36.7 Å². The average Bonchev–Trinajstić information content (AvgIpc) is 2.72. The molecule has 0 amide bonds. The molecule has 0 saturated carbocycles. The summed E-state index contributed by atoms with van der Waals surface area (Å²) in [5.74, 6) is -0.283. The summed E-state index contributed by atoms with van der Waals surface area (Å²) in [4.78, 5) is 19.8. The molecule has 152 valence electrons. The van der Waals surface area contributed by atoms with Gasteiger partial charge in [0.2, 0.25) is 0 Å². The van der Waals surface area contributed by atoms with E-state index in [0.717, 1.165) is 12.0 Å². The molecule has 0 radical (unpaired) electrons. The predicted molar refractivity (Wildman–Crippen MR) is 115 cm³/mol. The molecule has 0 bridgehead atoms. The molecule has 0 aliphatic rings. The van der Waals surface area contributed by atoms with Crippen LogP contribution in [-0.2, 0) is 6.42 Å². The fourth-order valence-corrected chi connectivity index (χ4v) is 3.39. The smallest absolute Gasteiger partial charge is 0.335 e. The van der Waals surface area contributed by atoms with E-state index in [0.29, 0.717) is 5.82 Å². The van der Waals surface area contributed by atoms with Gasteiger partial charge in [0.05, 0.1) is 5.56 Å². The summed E-state index contributed by atoms with van der Waals surface area (Å²) >= 11 is 0. The number of aromatic carboxylic acids is 1. The van der Waals surface area contributed by atoms with Crippen LogP contribution in [0, 0.1) is 0 Å². The van der Waals surface area contributed by atoms with Crippen molar-refractivity contribution in [3.8, 4) is 11.4 Å². The monoisotopic (exact) mass is 382 g/mol. The van der Waals surface area contributed by atoms with E-state index in [1.165, 1.54) is 76.2 Å². The molecule has 2 aromatic rings. The van der Waals surface area contributed by atoms with E-state index >= 15 is 0 Å². The van der Waals surface area contributed by atoms with Crippen LogP contribution in [-0.4, -0.2) is 21.0 Å².